The zero-order valence-electron chi connectivity index (χ0n) is 15.1. The first kappa shape index (κ1) is 19.0. The molecule has 1 aromatic carbocycles. The third-order valence-corrected chi connectivity index (χ3v) is 4.36. The van der Waals surface area contributed by atoms with Gasteiger partial charge in [0.15, 0.2) is 12.4 Å². The molecule has 27 heavy (non-hydrogen) atoms. The molecule has 0 aliphatic carbocycles. The molecule has 2 atom stereocenters. The number of aromatic nitrogens is 1. The van der Waals surface area contributed by atoms with Gasteiger partial charge >= 0.3 is 5.97 Å². The summed E-state index contributed by atoms with van der Waals surface area (Å²) in [5.41, 5.74) is 1.51. The van der Waals surface area contributed by atoms with E-state index in [0.717, 1.165) is 12.8 Å². The van der Waals surface area contributed by atoms with Gasteiger partial charge in [0, 0.05) is 18.2 Å². The van der Waals surface area contributed by atoms with Crippen LogP contribution in [0.5, 0.6) is 0 Å². The quantitative estimate of drug-likeness (QED) is 0.599. The van der Waals surface area contributed by atoms with Gasteiger partial charge in [0.05, 0.1) is 24.9 Å². The van der Waals surface area contributed by atoms with Gasteiger partial charge in [-0.05, 0) is 43.7 Å². The van der Waals surface area contributed by atoms with Gasteiger partial charge in [-0.2, -0.15) is 4.57 Å². The van der Waals surface area contributed by atoms with E-state index in [2.05, 4.69) is 5.32 Å². The first-order valence-corrected chi connectivity index (χ1v) is 8.96. The molecule has 1 aromatic heterocycles. The summed E-state index contributed by atoms with van der Waals surface area (Å²) < 4.78 is 12.5. The molecular formula is C20H23N2O5+. The molecule has 1 aliphatic rings. The number of carbonyl (C=O) groups excluding carboxylic acids is 2. The van der Waals surface area contributed by atoms with E-state index in [9.17, 15) is 14.7 Å². The van der Waals surface area contributed by atoms with Gasteiger partial charge in [-0.3, -0.25) is 4.79 Å². The van der Waals surface area contributed by atoms with E-state index in [4.69, 9.17) is 9.47 Å². The Balaban J connectivity index is 1.66. The maximum Gasteiger partial charge on any atom is 0.338 e. The molecule has 1 aliphatic heterocycles. The normalized spacial score (nSPS) is 18.9. The van der Waals surface area contributed by atoms with Crippen LogP contribution in [0, 0.1) is 0 Å². The van der Waals surface area contributed by atoms with Crippen molar-refractivity contribution < 1.29 is 28.7 Å². The molecule has 0 radical (unpaired) electrons. The number of aliphatic hydroxyl groups is 1. The molecule has 2 aromatic rings. The van der Waals surface area contributed by atoms with Crippen molar-refractivity contribution in [3.63, 3.8) is 0 Å². The largest absolute Gasteiger partial charge is 0.462 e. The van der Waals surface area contributed by atoms with Crippen LogP contribution in [0.3, 0.4) is 0 Å². The van der Waals surface area contributed by atoms with Crippen molar-refractivity contribution >= 4 is 17.6 Å². The average Bonchev–Trinajstić information content (AvgIpc) is 3.18. The first-order valence-electron chi connectivity index (χ1n) is 8.96. The smallest absolute Gasteiger partial charge is 0.338 e. The van der Waals surface area contributed by atoms with E-state index >= 15 is 0 Å². The topological polar surface area (TPSA) is 88.7 Å². The summed E-state index contributed by atoms with van der Waals surface area (Å²) in [6.07, 6.45) is 4.81. The van der Waals surface area contributed by atoms with Crippen LogP contribution in [-0.2, 0) is 9.47 Å². The molecule has 2 N–H and O–H groups in total. The zero-order valence-corrected chi connectivity index (χ0v) is 15.1. The SMILES string of the molecule is CCOC(=O)c1ccc(NC(=O)c2ccc[n+]([C@H]3CC[C@@H](CO)O3)c2)cc1. The Labute approximate surface area is 157 Å². The van der Waals surface area contributed by atoms with E-state index in [1.165, 1.54) is 0 Å². The molecule has 0 spiro atoms. The van der Waals surface area contributed by atoms with E-state index < -0.39 is 5.97 Å². The highest BCUT2D eigenvalue weighted by atomic mass is 16.5. The molecule has 3 rings (SSSR count). The monoisotopic (exact) mass is 371 g/mol. The maximum atomic E-state index is 12.5. The predicted molar refractivity (Wildman–Crippen MR) is 97.2 cm³/mol. The number of ether oxygens (including phenoxy) is 2. The van der Waals surface area contributed by atoms with Crippen LogP contribution in [0.25, 0.3) is 0 Å². The minimum Gasteiger partial charge on any atom is -0.462 e. The Morgan fingerprint density at radius 2 is 2.00 bits per heavy atom. The van der Waals surface area contributed by atoms with Crippen LogP contribution in [0.15, 0.2) is 48.8 Å². The Morgan fingerprint density at radius 1 is 1.22 bits per heavy atom. The molecule has 0 bridgehead atoms. The lowest BCUT2D eigenvalue weighted by Crippen LogP contribution is -2.40. The number of aliphatic hydroxyl groups excluding tert-OH is 1. The second-order valence-corrected chi connectivity index (χ2v) is 6.26. The van der Waals surface area contributed by atoms with Crippen LogP contribution >= 0.6 is 0 Å². The third kappa shape index (κ3) is 4.69. The summed E-state index contributed by atoms with van der Waals surface area (Å²) in [6.45, 7) is 2.06. The summed E-state index contributed by atoms with van der Waals surface area (Å²) >= 11 is 0. The van der Waals surface area contributed by atoms with Crippen LogP contribution in [0.2, 0.25) is 0 Å². The molecule has 1 saturated heterocycles. The fraction of sp³-hybridized carbons (Fsp3) is 0.350. The highest BCUT2D eigenvalue weighted by Gasteiger charge is 2.31. The highest BCUT2D eigenvalue weighted by molar-refractivity contribution is 6.04. The molecule has 2 heterocycles. The van der Waals surface area contributed by atoms with E-state index in [0.29, 0.717) is 23.4 Å². The first-order chi connectivity index (χ1) is 13.1. The average molecular weight is 371 g/mol. The maximum absolute atomic E-state index is 12.5. The molecule has 7 nitrogen and oxygen atoms in total. The lowest BCUT2D eigenvalue weighted by molar-refractivity contribution is -0.759. The number of pyridine rings is 1. The van der Waals surface area contributed by atoms with Gasteiger partial charge in [0.1, 0.15) is 5.56 Å². The number of esters is 1. The summed E-state index contributed by atoms with van der Waals surface area (Å²) in [5, 5.41) is 12.0. The molecule has 0 saturated carbocycles. The lowest BCUT2D eigenvalue weighted by Gasteiger charge is -2.09. The van der Waals surface area contributed by atoms with E-state index in [1.807, 2.05) is 10.8 Å². The Morgan fingerprint density at radius 3 is 2.67 bits per heavy atom. The van der Waals surface area contributed by atoms with Gasteiger partial charge in [-0.25, -0.2) is 4.79 Å². The van der Waals surface area contributed by atoms with Crippen molar-refractivity contribution in [1.29, 1.82) is 0 Å². The van der Waals surface area contributed by atoms with Crippen LogP contribution in [-0.4, -0.2) is 36.3 Å². The van der Waals surface area contributed by atoms with Crippen molar-refractivity contribution in [1.82, 2.24) is 0 Å². The zero-order chi connectivity index (χ0) is 19.2. The van der Waals surface area contributed by atoms with Crippen LogP contribution < -0.4 is 9.88 Å². The molecule has 142 valence electrons. The number of hydrogen-bond donors (Lipinski definition) is 2. The molecule has 0 unspecified atom stereocenters. The summed E-state index contributed by atoms with van der Waals surface area (Å²) in [5.74, 6) is -0.651. The van der Waals surface area contributed by atoms with Gasteiger partial charge in [0.2, 0.25) is 0 Å². The Kier molecular flexibility index (Phi) is 6.16. The van der Waals surface area contributed by atoms with Crippen LogP contribution in [0.1, 0.15) is 46.7 Å². The number of hydrogen-bond acceptors (Lipinski definition) is 5. The van der Waals surface area contributed by atoms with Crippen molar-refractivity contribution in [2.45, 2.75) is 32.1 Å². The van der Waals surface area contributed by atoms with E-state index in [-0.39, 0.29) is 24.8 Å². The number of carbonyl (C=O) groups is 2. The summed E-state index contributed by atoms with van der Waals surface area (Å²) in [7, 11) is 0. The number of nitrogens with zero attached hydrogens (tertiary/aromatic N) is 1. The van der Waals surface area contributed by atoms with Gasteiger partial charge in [-0.1, -0.05) is 0 Å². The number of amides is 1. The number of benzene rings is 1. The van der Waals surface area contributed by atoms with Crippen molar-refractivity contribution in [3.8, 4) is 0 Å². The van der Waals surface area contributed by atoms with Crippen LogP contribution in [0.4, 0.5) is 5.69 Å². The summed E-state index contributed by atoms with van der Waals surface area (Å²) in [4.78, 5) is 24.2. The summed E-state index contributed by atoms with van der Waals surface area (Å²) in [6, 6.07) is 10.0. The Bertz CT molecular complexity index is 806. The third-order valence-electron chi connectivity index (χ3n) is 4.36. The second-order valence-electron chi connectivity index (χ2n) is 6.26. The number of anilines is 1. The molecular weight excluding hydrogens is 348 g/mol. The van der Waals surface area contributed by atoms with Gasteiger partial charge < -0.3 is 19.9 Å². The van der Waals surface area contributed by atoms with Gasteiger partial charge in [-0.15, -0.1) is 0 Å². The molecule has 7 heteroatoms. The minimum atomic E-state index is -0.391. The van der Waals surface area contributed by atoms with Gasteiger partial charge in [0.25, 0.3) is 12.1 Å². The minimum absolute atomic E-state index is 0.000961. The van der Waals surface area contributed by atoms with E-state index in [1.54, 1.807) is 49.5 Å². The number of nitrogens with one attached hydrogen (secondary N) is 1. The second kappa shape index (κ2) is 8.75. The van der Waals surface area contributed by atoms with Crippen molar-refractivity contribution in [3.05, 3.63) is 59.9 Å². The number of rotatable bonds is 6. The molecule has 1 amide bonds. The lowest BCUT2D eigenvalue weighted by atomic mass is 10.2. The fourth-order valence-corrected chi connectivity index (χ4v) is 2.95. The fourth-order valence-electron chi connectivity index (χ4n) is 2.95. The van der Waals surface area contributed by atoms with Crippen molar-refractivity contribution in [2.24, 2.45) is 0 Å². The highest BCUT2D eigenvalue weighted by Crippen LogP contribution is 2.23. The Hall–Kier alpha value is -2.77. The standard InChI is InChI=1S/C20H22N2O5/c1-2-26-20(25)14-5-7-16(8-6-14)21-19(24)15-4-3-11-22(12-15)18-10-9-17(13-23)27-18/h3-8,11-12,17-18,23H,2,9-10,13H2,1H3/p+1/t17-,18+/m0/s1. The van der Waals surface area contributed by atoms with Crippen molar-refractivity contribution in [2.75, 3.05) is 18.5 Å². The predicted octanol–water partition coefficient (Wildman–Crippen LogP) is 2.07. The molecule has 1 fully saturated rings.